The van der Waals surface area contributed by atoms with Crippen molar-refractivity contribution in [2.24, 2.45) is 5.92 Å². The molecule has 188 valence electrons. The molecule has 0 amide bonds. The van der Waals surface area contributed by atoms with Crippen LogP contribution in [0.2, 0.25) is 0 Å². The van der Waals surface area contributed by atoms with Gasteiger partial charge in [-0.1, -0.05) is 146 Å². The molecular formula is C36H44. The van der Waals surface area contributed by atoms with E-state index >= 15 is 0 Å². The SMILES string of the molecule is CC(C)(C)c1ccc(-c2ccc(-c3ccc(C(C)(C)C)cc3)c3c2C=C(CC2CCCCC2)C3)cc1. The monoisotopic (exact) mass is 476 g/mol. The Balaban J connectivity index is 1.54. The minimum atomic E-state index is 0.177. The molecule has 0 heterocycles. The van der Waals surface area contributed by atoms with E-state index < -0.39 is 0 Å². The first kappa shape index (κ1) is 25.1. The number of fused-ring (bicyclic) bond motifs is 1. The maximum atomic E-state index is 2.56. The van der Waals surface area contributed by atoms with E-state index in [9.17, 15) is 0 Å². The van der Waals surface area contributed by atoms with E-state index in [1.807, 2.05) is 0 Å². The third-order valence-electron chi connectivity index (χ3n) is 8.51. The summed E-state index contributed by atoms with van der Waals surface area (Å²) < 4.78 is 0. The summed E-state index contributed by atoms with van der Waals surface area (Å²) in [5.41, 5.74) is 13.3. The fraction of sp³-hybridized carbons (Fsp3) is 0.444. The fourth-order valence-electron chi connectivity index (χ4n) is 6.22. The molecule has 5 rings (SSSR count). The van der Waals surface area contributed by atoms with Crippen LogP contribution in [0.3, 0.4) is 0 Å². The van der Waals surface area contributed by atoms with Crippen molar-refractivity contribution in [3.8, 4) is 22.3 Å². The minimum Gasteiger partial charge on any atom is -0.0649 e. The van der Waals surface area contributed by atoms with Gasteiger partial charge in [-0.3, -0.25) is 0 Å². The van der Waals surface area contributed by atoms with Gasteiger partial charge < -0.3 is 0 Å². The lowest BCUT2D eigenvalue weighted by Crippen LogP contribution is -2.10. The van der Waals surface area contributed by atoms with Crippen molar-refractivity contribution in [1.29, 1.82) is 0 Å². The highest BCUT2D eigenvalue weighted by Gasteiger charge is 2.24. The molecule has 0 nitrogen and oxygen atoms in total. The van der Waals surface area contributed by atoms with Gasteiger partial charge >= 0.3 is 0 Å². The Morgan fingerprint density at radius 2 is 1.11 bits per heavy atom. The summed E-state index contributed by atoms with van der Waals surface area (Å²) in [4.78, 5) is 0. The lowest BCUT2D eigenvalue weighted by atomic mass is 9.83. The first-order valence-corrected chi connectivity index (χ1v) is 14.2. The van der Waals surface area contributed by atoms with Gasteiger partial charge in [-0.15, -0.1) is 0 Å². The van der Waals surface area contributed by atoms with Crippen molar-refractivity contribution in [3.05, 3.63) is 88.5 Å². The van der Waals surface area contributed by atoms with Gasteiger partial charge in [0.05, 0.1) is 0 Å². The summed E-state index contributed by atoms with van der Waals surface area (Å²) >= 11 is 0. The van der Waals surface area contributed by atoms with Crippen LogP contribution in [0.1, 0.15) is 102 Å². The van der Waals surface area contributed by atoms with E-state index in [4.69, 9.17) is 0 Å². The van der Waals surface area contributed by atoms with Gasteiger partial charge in [-0.2, -0.15) is 0 Å². The number of benzene rings is 3. The molecule has 2 aliphatic rings. The van der Waals surface area contributed by atoms with E-state index in [1.54, 1.807) is 5.57 Å². The molecule has 0 unspecified atom stereocenters. The van der Waals surface area contributed by atoms with E-state index in [0.717, 1.165) is 12.3 Å². The van der Waals surface area contributed by atoms with Crippen LogP contribution in [0.4, 0.5) is 0 Å². The first-order chi connectivity index (χ1) is 17.1. The van der Waals surface area contributed by atoms with E-state index in [0.29, 0.717) is 0 Å². The van der Waals surface area contributed by atoms with Crippen molar-refractivity contribution < 1.29 is 0 Å². The van der Waals surface area contributed by atoms with Gasteiger partial charge in [0.1, 0.15) is 0 Å². The van der Waals surface area contributed by atoms with E-state index in [-0.39, 0.29) is 10.8 Å². The molecule has 0 heteroatoms. The minimum absolute atomic E-state index is 0.177. The van der Waals surface area contributed by atoms with Gasteiger partial charge in [0.2, 0.25) is 0 Å². The Morgan fingerprint density at radius 1 is 0.611 bits per heavy atom. The summed E-state index contributed by atoms with van der Waals surface area (Å²) in [5, 5.41) is 0. The second-order valence-electron chi connectivity index (χ2n) is 13.4. The molecule has 0 saturated heterocycles. The summed E-state index contributed by atoms with van der Waals surface area (Å²) in [5.74, 6) is 0.878. The quantitative estimate of drug-likeness (QED) is 0.351. The van der Waals surface area contributed by atoms with Crippen LogP contribution in [-0.4, -0.2) is 0 Å². The van der Waals surface area contributed by atoms with Crippen molar-refractivity contribution in [2.75, 3.05) is 0 Å². The summed E-state index contributed by atoms with van der Waals surface area (Å²) in [6.07, 6.45) is 12.0. The van der Waals surface area contributed by atoms with Crippen molar-refractivity contribution in [3.63, 3.8) is 0 Å². The molecule has 3 aromatic carbocycles. The van der Waals surface area contributed by atoms with Crippen molar-refractivity contribution in [2.45, 2.75) is 97.3 Å². The van der Waals surface area contributed by atoms with Gasteiger partial charge in [-0.25, -0.2) is 0 Å². The van der Waals surface area contributed by atoms with Crippen LogP contribution in [0.25, 0.3) is 28.3 Å². The molecule has 0 atom stereocenters. The molecule has 0 bridgehead atoms. The Labute approximate surface area is 219 Å². The molecule has 0 N–H and O–H groups in total. The maximum Gasteiger partial charge on any atom is -0.00513 e. The first-order valence-electron chi connectivity index (χ1n) is 14.2. The number of hydrogen-bond acceptors (Lipinski definition) is 0. The molecule has 1 saturated carbocycles. The predicted molar refractivity (Wildman–Crippen MR) is 158 cm³/mol. The second-order valence-corrected chi connectivity index (χ2v) is 13.4. The van der Waals surface area contributed by atoms with Gasteiger partial charge in [-0.05, 0) is 74.1 Å². The highest BCUT2D eigenvalue weighted by molar-refractivity contribution is 5.87. The highest BCUT2D eigenvalue weighted by atomic mass is 14.3. The van der Waals surface area contributed by atoms with Crippen LogP contribution in [-0.2, 0) is 17.3 Å². The summed E-state index contributed by atoms with van der Waals surface area (Å²) in [7, 11) is 0. The van der Waals surface area contributed by atoms with Crippen molar-refractivity contribution >= 4 is 6.08 Å². The zero-order chi connectivity index (χ0) is 25.5. The van der Waals surface area contributed by atoms with Gasteiger partial charge in [0.15, 0.2) is 0 Å². The average Bonchev–Trinajstić information content (AvgIpc) is 3.26. The largest absolute Gasteiger partial charge is 0.0649 e. The second kappa shape index (κ2) is 9.70. The van der Waals surface area contributed by atoms with E-state index in [1.165, 1.54) is 83.0 Å². The molecule has 3 aromatic rings. The lowest BCUT2D eigenvalue weighted by Gasteiger charge is -2.22. The number of rotatable bonds is 4. The predicted octanol–water partition coefficient (Wildman–Crippen LogP) is 10.5. The molecule has 0 aliphatic heterocycles. The number of hydrogen-bond donors (Lipinski definition) is 0. The van der Waals surface area contributed by atoms with Crippen LogP contribution in [0, 0.1) is 5.92 Å². The summed E-state index contributed by atoms with van der Waals surface area (Å²) in [6, 6.07) is 23.4. The van der Waals surface area contributed by atoms with Crippen LogP contribution in [0.15, 0.2) is 66.2 Å². The molecule has 0 radical (unpaired) electrons. The average molecular weight is 477 g/mol. The molecule has 0 spiro atoms. The van der Waals surface area contributed by atoms with Crippen LogP contribution < -0.4 is 0 Å². The fourth-order valence-corrected chi connectivity index (χ4v) is 6.22. The topological polar surface area (TPSA) is 0 Å². The molecule has 36 heavy (non-hydrogen) atoms. The van der Waals surface area contributed by atoms with Gasteiger partial charge in [0.25, 0.3) is 0 Å². The Kier molecular flexibility index (Phi) is 6.75. The lowest BCUT2D eigenvalue weighted by molar-refractivity contribution is 0.355. The van der Waals surface area contributed by atoms with Crippen LogP contribution >= 0.6 is 0 Å². The summed E-state index contributed by atoms with van der Waals surface area (Å²) in [6.45, 7) is 13.8. The maximum absolute atomic E-state index is 2.56. The smallest absolute Gasteiger partial charge is 0.00513 e. The number of allylic oxidation sites excluding steroid dienone is 1. The van der Waals surface area contributed by atoms with Gasteiger partial charge in [0, 0.05) is 0 Å². The molecular weight excluding hydrogens is 432 g/mol. The molecule has 2 aliphatic carbocycles. The normalized spacial score (nSPS) is 16.7. The zero-order valence-electron chi connectivity index (χ0n) is 23.4. The standard InChI is InChI=1S/C36H44/c1-35(2,3)29-16-12-27(13-17-29)31-20-21-32(28-14-18-30(19-15-28)36(4,5)6)34-24-26(23-33(31)34)22-25-10-8-7-9-11-25/h12-21,23,25H,7-11,22,24H2,1-6H3. The highest BCUT2D eigenvalue weighted by Crippen LogP contribution is 2.43. The van der Waals surface area contributed by atoms with Crippen molar-refractivity contribution in [1.82, 2.24) is 0 Å². The Morgan fingerprint density at radius 3 is 1.64 bits per heavy atom. The third kappa shape index (κ3) is 5.24. The van der Waals surface area contributed by atoms with E-state index in [2.05, 4.69) is 108 Å². The van der Waals surface area contributed by atoms with Crippen LogP contribution in [0.5, 0.6) is 0 Å². The Bertz CT molecular complexity index is 1230. The Hall–Kier alpha value is -2.60. The third-order valence-corrected chi connectivity index (χ3v) is 8.51. The zero-order valence-corrected chi connectivity index (χ0v) is 23.4. The molecule has 0 aromatic heterocycles. The molecule has 1 fully saturated rings.